The molecule has 0 unspecified atom stereocenters. The second-order valence-corrected chi connectivity index (χ2v) is 6.24. The van der Waals surface area contributed by atoms with Crippen LogP contribution in [-0.2, 0) is 4.79 Å². The van der Waals surface area contributed by atoms with E-state index in [9.17, 15) is 4.79 Å². The van der Waals surface area contributed by atoms with E-state index in [-0.39, 0.29) is 5.91 Å². The summed E-state index contributed by atoms with van der Waals surface area (Å²) in [6.07, 6.45) is -0.862. The molecule has 0 radical (unpaired) electrons. The molecule has 0 spiro atoms. The van der Waals surface area contributed by atoms with Crippen molar-refractivity contribution >= 4 is 11.6 Å². The Labute approximate surface area is 164 Å². The van der Waals surface area contributed by atoms with Crippen molar-refractivity contribution in [1.82, 2.24) is 0 Å². The van der Waals surface area contributed by atoms with E-state index in [2.05, 4.69) is 11.4 Å². The molecule has 0 aliphatic rings. The molecule has 0 aliphatic carbocycles. The fraction of sp³-hybridized carbons (Fsp3) is 0.130. The number of carbonyl (C=O) groups is 1. The predicted octanol–water partition coefficient (Wildman–Crippen LogP) is 4.63. The topological polar surface area (TPSA) is 71.3 Å². The van der Waals surface area contributed by atoms with E-state index < -0.39 is 6.10 Å². The first-order valence-corrected chi connectivity index (χ1v) is 8.78. The number of aryl methyl sites for hydroxylation is 1. The van der Waals surface area contributed by atoms with Crippen LogP contribution >= 0.6 is 0 Å². The van der Waals surface area contributed by atoms with E-state index >= 15 is 0 Å². The molecule has 140 valence electrons. The van der Waals surface area contributed by atoms with Crippen LogP contribution in [0.15, 0.2) is 72.8 Å². The van der Waals surface area contributed by atoms with Gasteiger partial charge in [0, 0.05) is 5.56 Å². The van der Waals surface area contributed by atoms with Crippen LogP contribution in [-0.4, -0.2) is 13.0 Å². The normalized spacial score (nSPS) is 11.2. The molecule has 3 aromatic rings. The van der Waals surface area contributed by atoms with Gasteiger partial charge in [-0.2, -0.15) is 5.26 Å². The summed E-state index contributed by atoms with van der Waals surface area (Å²) in [5.74, 6) is 0.753. The van der Waals surface area contributed by atoms with E-state index in [4.69, 9.17) is 14.7 Å². The summed E-state index contributed by atoms with van der Waals surface area (Å²) < 4.78 is 11.3. The highest BCUT2D eigenvalue weighted by molar-refractivity contribution is 5.96. The van der Waals surface area contributed by atoms with Crippen LogP contribution in [0.4, 0.5) is 5.69 Å². The van der Waals surface area contributed by atoms with Crippen molar-refractivity contribution in [2.75, 3.05) is 12.4 Å². The van der Waals surface area contributed by atoms with Crippen molar-refractivity contribution < 1.29 is 14.3 Å². The molecule has 0 saturated carbocycles. The number of methoxy groups -OCH3 is 1. The Bertz CT molecular complexity index is 993. The second kappa shape index (κ2) is 8.74. The van der Waals surface area contributed by atoms with Crippen LogP contribution in [0.5, 0.6) is 11.5 Å². The number of carbonyl (C=O) groups excluding carboxylic acids is 1. The second-order valence-electron chi connectivity index (χ2n) is 6.24. The molecule has 1 N–H and O–H groups in total. The summed E-state index contributed by atoms with van der Waals surface area (Å²) in [5, 5.41) is 11.8. The number of nitriles is 1. The molecule has 3 rings (SSSR count). The highest BCUT2D eigenvalue weighted by atomic mass is 16.5. The number of rotatable bonds is 6. The first kappa shape index (κ1) is 19.0. The van der Waals surface area contributed by atoms with Gasteiger partial charge in [0.15, 0.2) is 0 Å². The molecule has 28 heavy (non-hydrogen) atoms. The lowest BCUT2D eigenvalue weighted by atomic mass is 10.1. The maximum atomic E-state index is 13.1. The molecule has 1 amide bonds. The van der Waals surface area contributed by atoms with E-state index in [0.717, 1.165) is 11.1 Å². The average Bonchev–Trinajstić information content (AvgIpc) is 2.73. The molecule has 5 heteroatoms. The fourth-order valence-corrected chi connectivity index (χ4v) is 2.76. The van der Waals surface area contributed by atoms with Crippen molar-refractivity contribution in [2.24, 2.45) is 0 Å². The van der Waals surface area contributed by atoms with Gasteiger partial charge in [0.1, 0.15) is 11.5 Å². The van der Waals surface area contributed by atoms with Gasteiger partial charge in [-0.1, -0.05) is 36.4 Å². The summed E-state index contributed by atoms with van der Waals surface area (Å²) in [7, 11) is 1.56. The van der Waals surface area contributed by atoms with Gasteiger partial charge in [-0.25, -0.2) is 0 Å². The van der Waals surface area contributed by atoms with Crippen LogP contribution in [0.1, 0.15) is 22.8 Å². The standard InChI is InChI=1S/C23H20N2O3/c1-16-8-13-21(27-2)20(14-16)25-23(26)22(18-6-4-3-5-7-18)28-19-11-9-17(15-24)10-12-19/h3-14,22H,1-2H3,(H,25,26)/t22-/m0/s1. The Hall–Kier alpha value is -3.78. The lowest BCUT2D eigenvalue weighted by Gasteiger charge is -2.20. The van der Waals surface area contributed by atoms with E-state index in [0.29, 0.717) is 22.7 Å². The first-order valence-electron chi connectivity index (χ1n) is 8.78. The minimum absolute atomic E-state index is 0.320. The lowest BCUT2D eigenvalue weighted by Crippen LogP contribution is -2.26. The van der Waals surface area contributed by atoms with Crippen LogP contribution in [0.25, 0.3) is 0 Å². The molecule has 5 nitrogen and oxygen atoms in total. The lowest BCUT2D eigenvalue weighted by molar-refractivity contribution is -0.123. The van der Waals surface area contributed by atoms with Gasteiger partial charge >= 0.3 is 0 Å². The van der Waals surface area contributed by atoms with Gasteiger partial charge < -0.3 is 14.8 Å². The summed E-state index contributed by atoms with van der Waals surface area (Å²) in [6, 6.07) is 23.5. The molecule has 0 fully saturated rings. The first-order chi connectivity index (χ1) is 13.6. The molecule has 0 aliphatic heterocycles. The molecule has 1 atom stereocenters. The van der Waals surface area contributed by atoms with Crippen LogP contribution in [0.2, 0.25) is 0 Å². The Morgan fingerprint density at radius 3 is 2.39 bits per heavy atom. The van der Waals surface area contributed by atoms with E-state index in [1.807, 2.05) is 55.5 Å². The monoisotopic (exact) mass is 372 g/mol. The zero-order chi connectivity index (χ0) is 19.9. The summed E-state index contributed by atoms with van der Waals surface area (Å²) in [4.78, 5) is 13.1. The van der Waals surface area contributed by atoms with Crippen LogP contribution < -0.4 is 14.8 Å². The predicted molar refractivity (Wildman–Crippen MR) is 107 cm³/mol. The third kappa shape index (κ3) is 4.49. The number of ether oxygens (including phenoxy) is 2. The van der Waals surface area contributed by atoms with Crippen molar-refractivity contribution in [2.45, 2.75) is 13.0 Å². The number of hydrogen-bond acceptors (Lipinski definition) is 4. The Balaban J connectivity index is 1.89. The van der Waals surface area contributed by atoms with Gasteiger partial charge in [-0.15, -0.1) is 0 Å². The van der Waals surface area contributed by atoms with Crippen LogP contribution in [0, 0.1) is 18.3 Å². The number of hydrogen-bond donors (Lipinski definition) is 1. The number of amides is 1. The Kier molecular flexibility index (Phi) is 5.93. The third-order valence-corrected chi connectivity index (χ3v) is 4.19. The van der Waals surface area contributed by atoms with Crippen molar-refractivity contribution in [3.05, 3.63) is 89.5 Å². The SMILES string of the molecule is COc1ccc(C)cc1NC(=O)[C@@H](Oc1ccc(C#N)cc1)c1ccccc1. The number of benzene rings is 3. The zero-order valence-corrected chi connectivity index (χ0v) is 15.7. The highest BCUT2D eigenvalue weighted by Crippen LogP contribution is 2.28. The molecule has 3 aromatic carbocycles. The number of anilines is 1. The fourth-order valence-electron chi connectivity index (χ4n) is 2.76. The van der Waals surface area contributed by atoms with Crippen LogP contribution in [0.3, 0.4) is 0 Å². The molecule has 0 saturated heterocycles. The van der Waals surface area contributed by atoms with Gasteiger partial charge in [0.25, 0.3) is 5.91 Å². The quantitative estimate of drug-likeness (QED) is 0.684. The minimum Gasteiger partial charge on any atom is -0.495 e. The third-order valence-electron chi connectivity index (χ3n) is 4.19. The molecular formula is C23H20N2O3. The van der Waals surface area contributed by atoms with Gasteiger partial charge in [-0.3, -0.25) is 4.79 Å². The van der Waals surface area contributed by atoms with Crippen molar-refractivity contribution in [1.29, 1.82) is 5.26 Å². The number of nitrogens with zero attached hydrogens (tertiary/aromatic N) is 1. The molecule has 0 heterocycles. The maximum Gasteiger partial charge on any atom is 0.270 e. The smallest absolute Gasteiger partial charge is 0.270 e. The number of nitrogens with one attached hydrogen (secondary N) is 1. The van der Waals surface area contributed by atoms with Gasteiger partial charge in [-0.05, 0) is 48.9 Å². The molecule has 0 bridgehead atoms. The maximum absolute atomic E-state index is 13.1. The van der Waals surface area contributed by atoms with E-state index in [1.165, 1.54) is 0 Å². The summed E-state index contributed by atoms with van der Waals surface area (Å²) >= 11 is 0. The highest BCUT2D eigenvalue weighted by Gasteiger charge is 2.24. The van der Waals surface area contributed by atoms with Gasteiger partial charge in [0.05, 0.1) is 24.4 Å². The van der Waals surface area contributed by atoms with Crippen molar-refractivity contribution in [3.8, 4) is 17.6 Å². The largest absolute Gasteiger partial charge is 0.495 e. The van der Waals surface area contributed by atoms with E-state index in [1.54, 1.807) is 31.4 Å². The molecular weight excluding hydrogens is 352 g/mol. The average molecular weight is 372 g/mol. The zero-order valence-electron chi connectivity index (χ0n) is 15.7. The Morgan fingerprint density at radius 2 is 1.75 bits per heavy atom. The van der Waals surface area contributed by atoms with Crippen molar-refractivity contribution in [3.63, 3.8) is 0 Å². The molecule has 0 aromatic heterocycles. The summed E-state index contributed by atoms with van der Waals surface area (Å²) in [5.41, 5.74) is 2.82. The Morgan fingerprint density at radius 1 is 1.04 bits per heavy atom. The summed E-state index contributed by atoms with van der Waals surface area (Å²) in [6.45, 7) is 1.94. The minimum atomic E-state index is -0.862. The van der Waals surface area contributed by atoms with Gasteiger partial charge in [0.2, 0.25) is 6.10 Å².